The van der Waals surface area contributed by atoms with E-state index in [9.17, 15) is 21.6 Å². The number of methoxy groups -OCH3 is 2. The molecule has 0 aliphatic carbocycles. The number of hydrogen-bond acceptors (Lipinski definition) is 10. The van der Waals surface area contributed by atoms with Crippen molar-refractivity contribution < 1.29 is 35.9 Å². The van der Waals surface area contributed by atoms with Gasteiger partial charge >= 0.3 is 6.03 Å². The lowest BCUT2D eigenvalue weighted by molar-refractivity contribution is -0.0260. The molecule has 30 heavy (non-hydrogen) atoms. The Hall–Kier alpha value is -3.01. The minimum atomic E-state index is -4.61. The first-order valence-corrected chi connectivity index (χ1v) is 10.9. The van der Waals surface area contributed by atoms with Crippen LogP contribution in [0.15, 0.2) is 40.1 Å². The summed E-state index contributed by atoms with van der Waals surface area (Å²) in [5.41, 5.74) is 0. The molecule has 0 aliphatic rings. The van der Waals surface area contributed by atoms with Crippen molar-refractivity contribution in [1.29, 1.82) is 0 Å². The topological polar surface area (TPSA) is 166 Å². The van der Waals surface area contributed by atoms with E-state index in [1.165, 1.54) is 32.4 Å². The largest absolute Gasteiger partial charge is 0.481 e. The van der Waals surface area contributed by atoms with E-state index in [4.69, 9.17) is 9.47 Å². The lowest BCUT2D eigenvalue weighted by atomic mass is 10.4. The van der Waals surface area contributed by atoms with Crippen LogP contribution < -0.4 is 19.5 Å². The molecule has 0 atom stereocenters. The van der Waals surface area contributed by atoms with Crippen LogP contribution in [0.4, 0.5) is 10.7 Å². The minimum absolute atomic E-state index is 0.0547. The van der Waals surface area contributed by atoms with Gasteiger partial charge in [0.25, 0.3) is 20.0 Å². The molecule has 0 saturated carbocycles. The number of aromatic nitrogens is 2. The number of ether oxygens (including phenoxy) is 2. The van der Waals surface area contributed by atoms with Gasteiger partial charge in [0.2, 0.25) is 17.7 Å². The number of hydrogen-bond donors (Lipinski definition) is 2. The molecule has 0 fully saturated rings. The fraction of sp³-hybridized carbons (Fsp3) is 0.267. The van der Waals surface area contributed by atoms with Gasteiger partial charge in [0.05, 0.1) is 27.4 Å². The van der Waals surface area contributed by atoms with E-state index < -0.39 is 35.9 Å². The summed E-state index contributed by atoms with van der Waals surface area (Å²) >= 11 is 0. The third-order valence-electron chi connectivity index (χ3n) is 3.56. The molecule has 0 bridgehead atoms. The summed E-state index contributed by atoms with van der Waals surface area (Å²) in [6, 6.07) is 4.82. The zero-order chi connectivity index (χ0) is 22.5. The van der Waals surface area contributed by atoms with Crippen LogP contribution >= 0.6 is 0 Å². The van der Waals surface area contributed by atoms with Crippen LogP contribution in [-0.4, -0.2) is 65.7 Å². The highest BCUT2D eigenvalue weighted by Gasteiger charge is 2.30. The second-order valence-electron chi connectivity index (χ2n) is 5.38. The van der Waals surface area contributed by atoms with Crippen molar-refractivity contribution in [2.75, 3.05) is 33.7 Å². The molecule has 2 rings (SSSR count). The molecule has 0 saturated heterocycles. The highest BCUT2D eigenvalue weighted by atomic mass is 32.2. The first-order chi connectivity index (χ1) is 14.0. The predicted molar refractivity (Wildman–Crippen MR) is 103 cm³/mol. The number of nitrogens with zero attached hydrogens (tertiary/aromatic N) is 3. The quantitative estimate of drug-likeness (QED) is 0.518. The molecule has 1 aromatic heterocycles. The minimum Gasteiger partial charge on any atom is -0.481 e. The fourth-order valence-corrected chi connectivity index (χ4v) is 4.78. The number of amides is 2. The predicted octanol–water partition coefficient (Wildman–Crippen LogP) is 0.186. The molecular weight excluding hydrogens is 442 g/mol. The number of hydroxylamine groups is 1. The second-order valence-corrected chi connectivity index (χ2v) is 8.93. The van der Waals surface area contributed by atoms with Gasteiger partial charge in [-0.1, -0.05) is 16.6 Å². The number of carbonyl (C=O) groups is 1. The summed E-state index contributed by atoms with van der Waals surface area (Å²) in [5, 5.41) is 2.11. The average molecular weight is 461 g/mol. The highest BCUT2D eigenvalue weighted by molar-refractivity contribution is 7.92. The molecule has 0 aliphatic heterocycles. The van der Waals surface area contributed by atoms with Crippen LogP contribution in [0.1, 0.15) is 0 Å². The van der Waals surface area contributed by atoms with Gasteiger partial charge in [-0.25, -0.2) is 26.4 Å². The molecule has 13 nitrogen and oxygen atoms in total. The Labute approximate surface area is 173 Å². The van der Waals surface area contributed by atoms with Gasteiger partial charge in [0.1, 0.15) is 9.79 Å². The third-order valence-corrected chi connectivity index (χ3v) is 6.82. The number of rotatable bonds is 8. The van der Waals surface area contributed by atoms with Crippen molar-refractivity contribution in [3.8, 4) is 11.8 Å². The van der Waals surface area contributed by atoms with Crippen LogP contribution in [-0.2, 0) is 24.9 Å². The lowest BCUT2D eigenvalue weighted by Gasteiger charge is -2.17. The van der Waals surface area contributed by atoms with Crippen LogP contribution in [0.5, 0.6) is 11.8 Å². The van der Waals surface area contributed by atoms with E-state index in [0.29, 0.717) is 4.47 Å². The molecule has 0 spiro atoms. The maximum absolute atomic E-state index is 12.7. The standard InChI is InChI=1S/C15H19N5O8S2/c1-20(28-4)30(24,25)11-8-6-5-7-10(11)29(22,23)19-15(21)18-14-16-12(26-2)9-13(17-14)27-3/h5-9H,1-4H3,(H2,16,17,18,19,21). The smallest absolute Gasteiger partial charge is 0.335 e. The summed E-state index contributed by atoms with van der Waals surface area (Å²) in [6.45, 7) is 0. The SMILES string of the molecule is COc1cc(OC)nc(NC(=O)NS(=O)(=O)c2ccccc2S(=O)(=O)N(C)OC)n1. The molecule has 2 N–H and O–H groups in total. The molecule has 15 heteroatoms. The molecule has 0 radical (unpaired) electrons. The van der Waals surface area contributed by atoms with Gasteiger partial charge in [0.15, 0.2) is 0 Å². The molecule has 2 aromatic rings. The highest BCUT2D eigenvalue weighted by Crippen LogP contribution is 2.23. The zero-order valence-corrected chi connectivity index (χ0v) is 17.9. The first-order valence-electron chi connectivity index (χ1n) is 7.98. The van der Waals surface area contributed by atoms with Crippen molar-refractivity contribution in [2.24, 2.45) is 0 Å². The van der Waals surface area contributed by atoms with Crippen molar-refractivity contribution in [2.45, 2.75) is 9.79 Å². The Balaban J connectivity index is 2.33. The number of sulfonamides is 2. The van der Waals surface area contributed by atoms with E-state index in [1.54, 1.807) is 4.72 Å². The van der Waals surface area contributed by atoms with Crippen LogP contribution in [0.2, 0.25) is 0 Å². The average Bonchev–Trinajstić information content (AvgIpc) is 2.72. The molecular formula is C15H19N5O8S2. The number of nitrogens with one attached hydrogen (secondary N) is 2. The van der Waals surface area contributed by atoms with Crippen molar-refractivity contribution >= 4 is 32.0 Å². The first kappa shape index (κ1) is 23.3. The normalized spacial score (nSPS) is 11.8. The van der Waals surface area contributed by atoms with E-state index >= 15 is 0 Å². The monoisotopic (exact) mass is 461 g/mol. The van der Waals surface area contributed by atoms with E-state index in [2.05, 4.69) is 20.1 Å². The summed E-state index contributed by atoms with van der Waals surface area (Å²) in [6.07, 6.45) is 0. The van der Waals surface area contributed by atoms with Crippen molar-refractivity contribution in [3.63, 3.8) is 0 Å². The zero-order valence-electron chi connectivity index (χ0n) is 16.3. The van der Waals surface area contributed by atoms with Crippen LogP contribution in [0, 0.1) is 0 Å². The lowest BCUT2D eigenvalue weighted by Crippen LogP contribution is -2.36. The second kappa shape index (κ2) is 9.21. The summed E-state index contributed by atoms with van der Waals surface area (Å²) in [7, 11) is -4.08. The molecule has 2 amide bonds. The Kier molecular flexibility index (Phi) is 7.14. The van der Waals surface area contributed by atoms with Gasteiger partial charge in [-0.3, -0.25) is 10.2 Å². The summed E-state index contributed by atoms with van der Waals surface area (Å²) < 4.78 is 62.4. The Morgan fingerprint density at radius 1 is 0.967 bits per heavy atom. The van der Waals surface area contributed by atoms with E-state index in [-0.39, 0.29) is 17.7 Å². The molecule has 1 heterocycles. The van der Waals surface area contributed by atoms with Gasteiger partial charge in [-0.2, -0.15) is 9.97 Å². The third kappa shape index (κ3) is 5.12. The van der Waals surface area contributed by atoms with E-state index in [0.717, 1.165) is 26.3 Å². The van der Waals surface area contributed by atoms with Crippen LogP contribution in [0.3, 0.4) is 0 Å². The Morgan fingerprint density at radius 2 is 1.50 bits per heavy atom. The number of anilines is 1. The molecule has 164 valence electrons. The van der Waals surface area contributed by atoms with Crippen molar-refractivity contribution in [1.82, 2.24) is 19.2 Å². The summed E-state index contributed by atoms with van der Waals surface area (Å²) in [4.78, 5) is 23.3. The Morgan fingerprint density at radius 3 is 2.00 bits per heavy atom. The molecule has 0 unspecified atom stereocenters. The fourth-order valence-electron chi connectivity index (χ4n) is 2.09. The van der Waals surface area contributed by atoms with Gasteiger partial charge in [-0.05, 0) is 12.1 Å². The van der Waals surface area contributed by atoms with Gasteiger partial charge in [-0.15, -0.1) is 0 Å². The maximum atomic E-state index is 12.7. The van der Waals surface area contributed by atoms with Crippen molar-refractivity contribution in [3.05, 3.63) is 30.3 Å². The summed E-state index contributed by atoms with van der Waals surface area (Å²) in [5.74, 6) is -0.197. The van der Waals surface area contributed by atoms with Crippen LogP contribution in [0.25, 0.3) is 0 Å². The molecule has 1 aromatic carbocycles. The number of carbonyl (C=O) groups excluding carboxylic acids is 1. The number of benzene rings is 1. The van der Waals surface area contributed by atoms with Gasteiger partial charge in [0, 0.05) is 7.05 Å². The Bertz CT molecular complexity index is 1120. The maximum Gasteiger partial charge on any atom is 0.335 e. The number of urea groups is 1. The van der Waals surface area contributed by atoms with Gasteiger partial charge < -0.3 is 9.47 Å². The van der Waals surface area contributed by atoms with E-state index in [1.807, 2.05) is 0 Å².